The Morgan fingerprint density at radius 1 is 1.62 bits per heavy atom. The number of hydrazine groups is 1. The first-order chi connectivity index (χ1) is 7.63. The van der Waals surface area contributed by atoms with E-state index in [9.17, 15) is 4.79 Å². The van der Waals surface area contributed by atoms with Gasteiger partial charge in [0.2, 0.25) is 0 Å². The zero-order valence-corrected chi connectivity index (χ0v) is 9.70. The molecule has 92 valence electrons. The predicted octanol–water partition coefficient (Wildman–Crippen LogP) is 0.507. The highest BCUT2D eigenvalue weighted by Crippen LogP contribution is 2.19. The summed E-state index contributed by atoms with van der Waals surface area (Å²) in [5, 5.41) is 0. The van der Waals surface area contributed by atoms with Crippen LogP contribution in [0.15, 0.2) is 12.2 Å². The number of carbonyl (C=O) groups excluding carboxylic acids is 1. The van der Waals surface area contributed by atoms with Gasteiger partial charge >= 0.3 is 0 Å². The molecule has 1 aliphatic heterocycles. The molecule has 0 radical (unpaired) electrons. The topological polar surface area (TPSA) is 73.6 Å². The monoisotopic (exact) mass is 228 g/mol. The van der Waals surface area contributed by atoms with Gasteiger partial charge in [-0.25, -0.2) is 5.84 Å². The first-order valence-corrected chi connectivity index (χ1v) is 5.51. The average Bonchev–Trinajstić information content (AvgIpc) is 2.71. The smallest absolute Gasteiger partial charge is 0.263 e. The maximum atomic E-state index is 11.2. The number of hydrogen-bond acceptors (Lipinski definition) is 4. The van der Waals surface area contributed by atoms with Crippen LogP contribution in [0.4, 0.5) is 0 Å². The van der Waals surface area contributed by atoms with Crippen LogP contribution in [-0.2, 0) is 14.3 Å². The van der Waals surface area contributed by atoms with Crippen LogP contribution in [0.3, 0.4) is 0 Å². The number of amides is 1. The summed E-state index contributed by atoms with van der Waals surface area (Å²) in [7, 11) is 0. The second kappa shape index (κ2) is 6.62. The molecule has 1 aliphatic rings. The van der Waals surface area contributed by atoms with Crippen molar-refractivity contribution < 1.29 is 14.3 Å². The molecule has 1 rings (SSSR count). The molecule has 0 aromatic heterocycles. The van der Waals surface area contributed by atoms with Gasteiger partial charge < -0.3 is 9.47 Å². The normalized spacial score (nSPS) is 24.4. The molecule has 1 amide bonds. The van der Waals surface area contributed by atoms with E-state index in [1.807, 2.05) is 6.92 Å². The molecule has 0 saturated carbocycles. The van der Waals surface area contributed by atoms with E-state index < -0.39 is 6.10 Å². The number of ether oxygens (including phenoxy) is 2. The van der Waals surface area contributed by atoms with Crippen molar-refractivity contribution in [2.24, 2.45) is 5.84 Å². The standard InChI is InChI=1S/C11H20N2O3/c1-8(2)5-6-15-7-9-3-4-10(16-9)11(14)13-12/h9-10H,1,3-7,12H2,2H3,(H,13,14). The van der Waals surface area contributed by atoms with Crippen LogP contribution < -0.4 is 11.3 Å². The van der Waals surface area contributed by atoms with Crippen molar-refractivity contribution in [2.75, 3.05) is 13.2 Å². The Morgan fingerprint density at radius 3 is 3.00 bits per heavy atom. The second-order valence-corrected chi connectivity index (χ2v) is 4.11. The Kier molecular flexibility index (Phi) is 5.45. The van der Waals surface area contributed by atoms with Gasteiger partial charge in [0.15, 0.2) is 0 Å². The zero-order chi connectivity index (χ0) is 12.0. The van der Waals surface area contributed by atoms with Crippen molar-refractivity contribution >= 4 is 5.91 Å². The van der Waals surface area contributed by atoms with Crippen molar-refractivity contribution in [1.82, 2.24) is 5.43 Å². The molecular weight excluding hydrogens is 208 g/mol. The molecule has 2 unspecified atom stereocenters. The average molecular weight is 228 g/mol. The Bertz CT molecular complexity index is 256. The molecule has 0 aliphatic carbocycles. The van der Waals surface area contributed by atoms with Gasteiger partial charge in [-0.05, 0) is 26.2 Å². The lowest BCUT2D eigenvalue weighted by atomic mass is 10.2. The third kappa shape index (κ3) is 4.30. The molecule has 16 heavy (non-hydrogen) atoms. The lowest BCUT2D eigenvalue weighted by Crippen LogP contribution is -2.39. The SMILES string of the molecule is C=C(C)CCOCC1CCC(C(=O)NN)O1. The van der Waals surface area contributed by atoms with Crippen molar-refractivity contribution in [2.45, 2.75) is 38.4 Å². The van der Waals surface area contributed by atoms with Gasteiger partial charge in [-0.3, -0.25) is 10.2 Å². The second-order valence-electron chi connectivity index (χ2n) is 4.11. The van der Waals surface area contributed by atoms with E-state index in [2.05, 4.69) is 12.0 Å². The van der Waals surface area contributed by atoms with Crippen molar-refractivity contribution in [3.8, 4) is 0 Å². The minimum Gasteiger partial charge on any atom is -0.378 e. The fourth-order valence-electron chi connectivity index (χ4n) is 1.58. The summed E-state index contributed by atoms with van der Waals surface area (Å²) in [5.74, 6) is 4.77. The van der Waals surface area contributed by atoms with Crippen molar-refractivity contribution in [3.63, 3.8) is 0 Å². The Balaban J connectivity index is 2.12. The molecule has 3 N–H and O–H groups in total. The van der Waals surface area contributed by atoms with Gasteiger partial charge in [-0.15, -0.1) is 6.58 Å². The van der Waals surface area contributed by atoms with E-state index in [1.165, 1.54) is 0 Å². The van der Waals surface area contributed by atoms with Crippen molar-refractivity contribution in [1.29, 1.82) is 0 Å². The Morgan fingerprint density at radius 2 is 2.38 bits per heavy atom. The third-order valence-corrected chi connectivity index (χ3v) is 2.52. The van der Waals surface area contributed by atoms with E-state index >= 15 is 0 Å². The summed E-state index contributed by atoms with van der Waals surface area (Å²) in [4.78, 5) is 11.2. The van der Waals surface area contributed by atoms with Gasteiger partial charge in [0, 0.05) is 0 Å². The van der Waals surface area contributed by atoms with Crippen LogP contribution >= 0.6 is 0 Å². The Hall–Kier alpha value is -0.910. The van der Waals surface area contributed by atoms with Crippen LogP contribution in [-0.4, -0.2) is 31.3 Å². The summed E-state index contributed by atoms with van der Waals surface area (Å²) in [6, 6.07) is 0. The number of hydrogen-bond donors (Lipinski definition) is 2. The number of nitrogens with one attached hydrogen (secondary N) is 1. The summed E-state index contributed by atoms with van der Waals surface area (Å²) >= 11 is 0. The van der Waals surface area contributed by atoms with E-state index in [0.717, 1.165) is 18.4 Å². The first-order valence-electron chi connectivity index (χ1n) is 5.51. The van der Waals surface area contributed by atoms with Gasteiger partial charge in [0.1, 0.15) is 6.10 Å². The lowest BCUT2D eigenvalue weighted by Gasteiger charge is -2.12. The largest absolute Gasteiger partial charge is 0.378 e. The molecule has 1 heterocycles. The van der Waals surface area contributed by atoms with E-state index in [0.29, 0.717) is 19.6 Å². The summed E-state index contributed by atoms with van der Waals surface area (Å²) < 4.78 is 10.9. The molecule has 5 nitrogen and oxygen atoms in total. The predicted molar refractivity (Wildman–Crippen MR) is 60.5 cm³/mol. The maximum Gasteiger partial charge on any atom is 0.263 e. The van der Waals surface area contributed by atoms with Gasteiger partial charge in [-0.2, -0.15) is 0 Å². The van der Waals surface area contributed by atoms with E-state index in [1.54, 1.807) is 0 Å². The fraction of sp³-hybridized carbons (Fsp3) is 0.727. The summed E-state index contributed by atoms with van der Waals surface area (Å²) in [5.41, 5.74) is 3.20. The summed E-state index contributed by atoms with van der Waals surface area (Å²) in [6.45, 7) is 6.95. The number of rotatable bonds is 6. The first kappa shape index (κ1) is 13.2. The molecule has 5 heteroatoms. The lowest BCUT2D eigenvalue weighted by molar-refractivity contribution is -0.133. The molecule has 1 fully saturated rings. The molecule has 0 spiro atoms. The number of nitrogens with two attached hydrogens (primary N) is 1. The molecule has 1 saturated heterocycles. The molecule has 0 aromatic carbocycles. The third-order valence-electron chi connectivity index (χ3n) is 2.52. The van der Waals surface area contributed by atoms with Gasteiger partial charge in [0.25, 0.3) is 5.91 Å². The fourth-order valence-corrected chi connectivity index (χ4v) is 1.58. The minimum atomic E-state index is -0.417. The maximum absolute atomic E-state index is 11.2. The van der Waals surface area contributed by atoms with Crippen LogP contribution in [0, 0.1) is 0 Å². The highest BCUT2D eigenvalue weighted by atomic mass is 16.5. The van der Waals surface area contributed by atoms with Crippen LogP contribution in [0.5, 0.6) is 0 Å². The van der Waals surface area contributed by atoms with Crippen LogP contribution in [0.2, 0.25) is 0 Å². The van der Waals surface area contributed by atoms with Gasteiger partial charge in [-0.1, -0.05) is 5.57 Å². The highest BCUT2D eigenvalue weighted by molar-refractivity contribution is 5.80. The minimum absolute atomic E-state index is 0.00687. The van der Waals surface area contributed by atoms with Crippen molar-refractivity contribution in [3.05, 3.63) is 12.2 Å². The Labute approximate surface area is 95.9 Å². The summed E-state index contributed by atoms with van der Waals surface area (Å²) in [6.07, 6.45) is 1.99. The molecule has 2 atom stereocenters. The quantitative estimate of drug-likeness (QED) is 0.228. The van der Waals surface area contributed by atoms with E-state index in [4.69, 9.17) is 15.3 Å². The highest BCUT2D eigenvalue weighted by Gasteiger charge is 2.30. The molecule has 0 bridgehead atoms. The van der Waals surface area contributed by atoms with Crippen LogP contribution in [0.25, 0.3) is 0 Å². The number of carbonyl (C=O) groups is 1. The van der Waals surface area contributed by atoms with Crippen LogP contribution in [0.1, 0.15) is 26.2 Å². The molecular formula is C11H20N2O3. The van der Waals surface area contributed by atoms with E-state index in [-0.39, 0.29) is 12.0 Å². The van der Waals surface area contributed by atoms with Gasteiger partial charge in [0.05, 0.1) is 19.3 Å². The zero-order valence-electron chi connectivity index (χ0n) is 9.70. The molecule has 0 aromatic rings.